The van der Waals surface area contributed by atoms with Crippen molar-refractivity contribution in [1.29, 1.82) is 0 Å². The predicted molar refractivity (Wildman–Crippen MR) is 52.5 cm³/mol. The molecule has 0 rings (SSSR count). The Labute approximate surface area is 85.0 Å². The summed E-state index contributed by atoms with van der Waals surface area (Å²) in [5.41, 5.74) is 0. The number of hydrogen-bond donors (Lipinski definition) is 0. The van der Waals surface area contributed by atoms with Crippen LogP contribution in [0.4, 0.5) is 0 Å². The lowest BCUT2D eigenvalue weighted by Crippen LogP contribution is -2.41. The number of esters is 1. The molecule has 14 heavy (non-hydrogen) atoms. The minimum Gasteiger partial charge on any atom is -0.436 e. The van der Waals surface area contributed by atoms with Crippen molar-refractivity contribution in [2.75, 3.05) is 21.0 Å². The molecule has 0 aromatic carbocycles. The van der Waals surface area contributed by atoms with Crippen molar-refractivity contribution in [2.24, 2.45) is 0 Å². The van der Waals surface area contributed by atoms with Gasteiger partial charge in [-0.15, -0.1) is 0 Å². The zero-order valence-electron chi connectivity index (χ0n) is 8.90. The molecule has 0 atom stereocenters. The lowest BCUT2D eigenvalue weighted by atomic mass is 10.5. The van der Waals surface area contributed by atoms with E-state index < -0.39 is 14.8 Å². The van der Waals surface area contributed by atoms with Crippen LogP contribution in [-0.2, 0) is 22.8 Å². The molecule has 0 N–H and O–H groups in total. The van der Waals surface area contributed by atoms with Gasteiger partial charge in [0.1, 0.15) is 0 Å². The molecular formula is C8H16O5Si. The normalized spacial score (nSPS) is 12.0. The first kappa shape index (κ1) is 13.3. The van der Waals surface area contributed by atoms with E-state index in [1.54, 1.807) is 19.5 Å². The molecule has 0 unspecified atom stereocenters. The summed E-state index contributed by atoms with van der Waals surface area (Å²) < 4.78 is 19.9. The van der Waals surface area contributed by atoms with Gasteiger partial charge >= 0.3 is 14.8 Å². The molecule has 0 radical (unpaired) electrons. The second kappa shape index (κ2) is 6.72. The molecule has 0 saturated heterocycles. The van der Waals surface area contributed by atoms with E-state index in [-0.39, 0.29) is 6.79 Å². The number of carbonyl (C=O) groups is 1. The summed E-state index contributed by atoms with van der Waals surface area (Å²) in [6.07, 6.45) is 2.90. The van der Waals surface area contributed by atoms with Crippen LogP contribution in [0.3, 0.4) is 0 Å². The van der Waals surface area contributed by atoms with Crippen molar-refractivity contribution in [2.45, 2.75) is 13.5 Å². The molecule has 0 spiro atoms. The zero-order chi connectivity index (χ0) is 11.0. The topological polar surface area (TPSA) is 54.0 Å². The van der Waals surface area contributed by atoms with Crippen molar-refractivity contribution < 1.29 is 22.8 Å². The SMILES string of the molecule is CC=CC(=O)OCO[Si](C)(OC)OC. The lowest BCUT2D eigenvalue weighted by Gasteiger charge is -2.21. The molecule has 0 heterocycles. The molecule has 0 bridgehead atoms. The highest BCUT2D eigenvalue weighted by Crippen LogP contribution is 2.05. The summed E-state index contributed by atoms with van der Waals surface area (Å²) >= 11 is 0. The van der Waals surface area contributed by atoms with Crippen LogP contribution >= 0.6 is 0 Å². The standard InChI is InChI=1S/C8H16O5Si/c1-5-6-8(9)12-7-13-14(4,10-2)11-3/h5-6H,7H2,1-4H3. The molecule has 0 saturated carbocycles. The van der Waals surface area contributed by atoms with Gasteiger partial charge < -0.3 is 18.0 Å². The van der Waals surface area contributed by atoms with Gasteiger partial charge in [0.05, 0.1) is 0 Å². The predicted octanol–water partition coefficient (Wildman–Crippen LogP) is 0.941. The van der Waals surface area contributed by atoms with Crippen LogP contribution in [0, 0.1) is 0 Å². The zero-order valence-corrected chi connectivity index (χ0v) is 9.90. The van der Waals surface area contributed by atoms with Crippen LogP contribution in [0.5, 0.6) is 0 Å². The van der Waals surface area contributed by atoms with E-state index in [0.29, 0.717) is 0 Å². The minimum absolute atomic E-state index is 0.159. The molecule has 0 aromatic heterocycles. The Hall–Kier alpha value is -0.693. The van der Waals surface area contributed by atoms with Crippen LogP contribution in [0.25, 0.3) is 0 Å². The van der Waals surface area contributed by atoms with Crippen molar-refractivity contribution in [3.05, 3.63) is 12.2 Å². The van der Waals surface area contributed by atoms with Crippen molar-refractivity contribution in [3.63, 3.8) is 0 Å². The monoisotopic (exact) mass is 220 g/mol. The van der Waals surface area contributed by atoms with Gasteiger partial charge in [0.15, 0.2) is 6.79 Å². The van der Waals surface area contributed by atoms with E-state index in [1.807, 2.05) is 0 Å². The van der Waals surface area contributed by atoms with Crippen molar-refractivity contribution >= 4 is 14.8 Å². The molecule has 82 valence electrons. The summed E-state index contributed by atoms with van der Waals surface area (Å²) in [4.78, 5) is 10.9. The third-order valence-electron chi connectivity index (χ3n) is 1.57. The third kappa shape index (κ3) is 5.13. The summed E-state index contributed by atoms with van der Waals surface area (Å²) in [5.74, 6) is -0.448. The molecule has 0 aliphatic rings. The maximum atomic E-state index is 10.9. The van der Waals surface area contributed by atoms with Gasteiger partial charge in [-0.05, 0) is 6.92 Å². The van der Waals surface area contributed by atoms with Crippen LogP contribution in [0.1, 0.15) is 6.92 Å². The Morgan fingerprint density at radius 1 is 1.36 bits per heavy atom. The summed E-state index contributed by atoms with van der Waals surface area (Å²) in [5, 5.41) is 0. The number of carbonyl (C=O) groups excluding carboxylic acids is 1. The number of hydrogen-bond acceptors (Lipinski definition) is 5. The second-order valence-corrected chi connectivity index (χ2v) is 5.33. The van der Waals surface area contributed by atoms with E-state index in [9.17, 15) is 4.79 Å². The smallest absolute Gasteiger partial charge is 0.436 e. The average Bonchev–Trinajstić information content (AvgIpc) is 2.18. The molecule has 5 nitrogen and oxygen atoms in total. The second-order valence-electron chi connectivity index (χ2n) is 2.50. The van der Waals surface area contributed by atoms with Crippen LogP contribution in [0.15, 0.2) is 12.2 Å². The highest BCUT2D eigenvalue weighted by atomic mass is 28.4. The van der Waals surface area contributed by atoms with Gasteiger partial charge in [-0.25, -0.2) is 4.79 Å². The Kier molecular flexibility index (Phi) is 6.38. The largest absolute Gasteiger partial charge is 0.499 e. The average molecular weight is 220 g/mol. The van der Waals surface area contributed by atoms with Crippen LogP contribution < -0.4 is 0 Å². The van der Waals surface area contributed by atoms with Gasteiger partial charge in [0.2, 0.25) is 0 Å². The lowest BCUT2D eigenvalue weighted by molar-refractivity contribution is -0.146. The minimum atomic E-state index is -2.59. The van der Waals surface area contributed by atoms with Gasteiger partial charge in [-0.2, -0.15) is 0 Å². The molecule has 0 fully saturated rings. The van der Waals surface area contributed by atoms with Gasteiger partial charge in [0, 0.05) is 26.8 Å². The highest BCUT2D eigenvalue weighted by molar-refractivity contribution is 6.59. The molecule has 6 heteroatoms. The third-order valence-corrected chi connectivity index (χ3v) is 3.69. The number of allylic oxidation sites excluding steroid dienone is 1. The molecule has 0 aromatic rings. The Morgan fingerprint density at radius 3 is 2.36 bits per heavy atom. The van der Waals surface area contributed by atoms with Gasteiger partial charge in [0.25, 0.3) is 0 Å². The van der Waals surface area contributed by atoms with Crippen molar-refractivity contribution in [3.8, 4) is 0 Å². The first-order chi connectivity index (χ1) is 6.58. The Balaban J connectivity index is 3.77. The maximum Gasteiger partial charge on any atom is 0.499 e. The molecule has 0 aliphatic heterocycles. The van der Waals surface area contributed by atoms with Gasteiger partial charge in [-0.3, -0.25) is 0 Å². The summed E-state index contributed by atoms with van der Waals surface area (Å²) in [7, 11) is 0.391. The first-order valence-corrected chi connectivity index (χ1v) is 6.34. The van der Waals surface area contributed by atoms with Gasteiger partial charge in [-0.1, -0.05) is 6.08 Å². The quantitative estimate of drug-likeness (QED) is 0.288. The Morgan fingerprint density at radius 2 is 1.93 bits per heavy atom. The highest BCUT2D eigenvalue weighted by Gasteiger charge is 2.32. The number of ether oxygens (including phenoxy) is 1. The van der Waals surface area contributed by atoms with E-state index in [1.165, 1.54) is 20.3 Å². The number of rotatable bonds is 6. The molecular weight excluding hydrogens is 204 g/mol. The van der Waals surface area contributed by atoms with E-state index in [2.05, 4.69) is 0 Å². The fraction of sp³-hybridized carbons (Fsp3) is 0.625. The summed E-state index contributed by atoms with van der Waals surface area (Å²) in [6.45, 7) is 3.27. The molecule has 0 aliphatic carbocycles. The maximum absolute atomic E-state index is 10.9. The first-order valence-electron chi connectivity index (χ1n) is 4.11. The Bertz CT molecular complexity index is 200. The van der Waals surface area contributed by atoms with E-state index in [4.69, 9.17) is 18.0 Å². The summed E-state index contributed by atoms with van der Waals surface area (Å²) in [6, 6.07) is 0. The van der Waals surface area contributed by atoms with Crippen molar-refractivity contribution in [1.82, 2.24) is 0 Å². The fourth-order valence-corrected chi connectivity index (χ4v) is 1.26. The van der Waals surface area contributed by atoms with Crippen LogP contribution in [0.2, 0.25) is 6.55 Å². The fourth-order valence-electron chi connectivity index (χ4n) is 0.580. The van der Waals surface area contributed by atoms with E-state index in [0.717, 1.165) is 0 Å². The molecule has 0 amide bonds. The van der Waals surface area contributed by atoms with Crippen LogP contribution in [-0.4, -0.2) is 35.8 Å². The van der Waals surface area contributed by atoms with E-state index >= 15 is 0 Å².